The molecule has 0 aliphatic carbocycles. The third-order valence-electron chi connectivity index (χ3n) is 2.19. The summed E-state index contributed by atoms with van der Waals surface area (Å²) in [6, 6.07) is 3.83. The zero-order valence-corrected chi connectivity index (χ0v) is 10.2. The zero-order chi connectivity index (χ0) is 14.6. The molecule has 1 aromatic carbocycles. The van der Waals surface area contributed by atoms with E-state index < -0.39 is 36.0 Å². The van der Waals surface area contributed by atoms with Gasteiger partial charge in [0.15, 0.2) is 0 Å². The lowest BCUT2D eigenvalue weighted by Crippen LogP contribution is -2.36. The van der Waals surface area contributed by atoms with Gasteiger partial charge in [-0.15, -0.1) is 11.6 Å². The van der Waals surface area contributed by atoms with E-state index in [2.05, 4.69) is 0 Å². The van der Waals surface area contributed by atoms with Crippen molar-refractivity contribution in [2.75, 3.05) is 17.3 Å². The Morgan fingerprint density at radius 3 is 2.42 bits per heavy atom. The van der Waals surface area contributed by atoms with Gasteiger partial charge in [-0.2, -0.15) is 13.2 Å². The van der Waals surface area contributed by atoms with E-state index in [4.69, 9.17) is 16.7 Å². The molecule has 0 unspecified atom stereocenters. The fourth-order valence-electron chi connectivity index (χ4n) is 1.38. The molecular weight excluding hydrogens is 287 g/mol. The SMILES string of the molecule is O=C(O)CN(C(=O)CCl)c1cccc(C(F)(F)F)c1. The van der Waals surface area contributed by atoms with Gasteiger partial charge in [0.2, 0.25) is 5.91 Å². The van der Waals surface area contributed by atoms with Crippen molar-refractivity contribution in [3.8, 4) is 0 Å². The molecule has 8 heteroatoms. The molecule has 0 saturated carbocycles. The van der Waals surface area contributed by atoms with Crippen LogP contribution in [0.1, 0.15) is 5.56 Å². The van der Waals surface area contributed by atoms with E-state index in [1.54, 1.807) is 0 Å². The van der Waals surface area contributed by atoms with Crippen molar-refractivity contribution in [2.45, 2.75) is 6.18 Å². The highest BCUT2D eigenvalue weighted by atomic mass is 35.5. The van der Waals surface area contributed by atoms with E-state index in [0.29, 0.717) is 11.0 Å². The lowest BCUT2D eigenvalue weighted by atomic mass is 10.2. The quantitative estimate of drug-likeness (QED) is 0.868. The number of rotatable bonds is 4. The van der Waals surface area contributed by atoms with Gasteiger partial charge in [-0.3, -0.25) is 9.59 Å². The average Bonchev–Trinajstić information content (AvgIpc) is 2.34. The number of aliphatic carboxylic acids is 1. The molecule has 0 spiro atoms. The fourth-order valence-corrected chi connectivity index (χ4v) is 1.53. The Bertz CT molecular complexity index is 490. The Morgan fingerprint density at radius 1 is 1.32 bits per heavy atom. The molecule has 4 nitrogen and oxygen atoms in total. The number of amides is 1. The highest BCUT2D eigenvalue weighted by molar-refractivity contribution is 6.29. The molecule has 19 heavy (non-hydrogen) atoms. The standard InChI is InChI=1S/C11H9ClF3NO3/c12-5-9(17)16(6-10(18)19)8-3-1-2-7(4-8)11(13,14)15/h1-4H,5-6H2,(H,18,19). The van der Waals surface area contributed by atoms with Gasteiger partial charge in [-0.25, -0.2) is 0 Å². The van der Waals surface area contributed by atoms with Gasteiger partial charge in [0.1, 0.15) is 12.4 Å². The van der Waals surface area contributed by atoms with Crippen LogP contribution < -0.4 is 4.90 Å². The normalized spacial score (nSPS) is 11.2. The third kappa shape index (κ3) is 4.13. The highest BCUT2D eigenvalue weighted by Crippen LogP contribution is 2.31. The summed E-state index contributed by atoms with van der Waals surface area (Å²) in [4.78, 5) is 22.8. The van der Waals surface area contributed by atoms with E-state index in [9.17, 15) is 22.8 Å². The maximum atomic E-state index is 12.5. The molecule has 0 aromatic heterocycles. The maximum absolute atomic E-state index is 12.5. The summed E-state index contributed by atoms with van der Waals surface area (Å²) in [5.74, 6) is -2.66. The van der Waals surface area contributed by atoms with Crippen LogP contribution in [0.5, 0.6) is 0 Å². The number of carbonyl (C=O) groups excluding carboxylic acids is 1. The number of anilines is 1. The van der Waals surface area contributed by atoms with E-state index in [1.807, 2.05) is 0 Å². The van der Waals surface area contributed by atoms with Crippen LogP contribution in [0.4, 0.5) is 18.9 Å². The monoisotopic (exact) mass is 295 g/mol. The second-order valence-electron chi connectivity index (χ2n) is 3.56. The maximum Gasteiger partial charge on any atom is 0.416 e. The van der Waals surface area contributed by atoms with Crippen LogP contribution in [0, 0.1) is 0 Å². The Kier molecular flexibility index (Phi) is 4.77. The van der Waals surface area contributed by atoms with Gasteiger partial charge < -0.3 is 10.0 Å². The molecule has 1 N–H and O–H groups in total. The Morgan fingerprint density at radius 2 is 1.95 bits per heavy atom. The predicted octanol–water partition coefficient (Wildman–Crippen LogP) is 2.36. The van der Waals surface area contributed by atoms with Crippen molar-refractivity contribution in [2.24, 2.45) is 0 Å². The minimum absolute atomic E-state index is 0.164. The van der Waals surface area contributed by atoms with Gasteiger partial charge in [-0.1, -0.05) is 6.07 Å². The number of hydrogen-bond acceptors (Lipinski definition) is 2. The number of carboxylic acids is 1. The van der Waals surface area contributed by atoms with Crippen molar-refractivity contribution in [3.05, 3.63) is 29.8 Å². The number of halogens is 4. The number of carbonyl (C=O) groups is 2. The highest BCUT2D eigenvalue weighted by Gasteiger charge is 2.31. The summed E-state index contributed by atoms with van der Waals surface area (Å²) < 4.78 is 37.6. The van der Waals surface area contributed by atoms with Crippen LogP contribution in [0.3, 0.4) is 0 Å². The van der Waals surface area contributed by atoms with Gasteiger partial charge in [-0.05, 0) is 18.2 Å². The van der Waals surface area contributed by atoms with Gasteiger partial charge in [0, 0.05) is 5.69 Å². The van der Waals surface area contributed by atoms with Crippen molar-refractivity contribution in [1.29, 1.82) is 0 Å². The number of benzene rings is 1. The Labute approximate surface area is 111 Å². The molecule has 1 aromatic rings. The summed E-state index contributed by atoms with van der Waals surface area (Å²) in [7, 11) is 0. The Hall–Kier alpha value is -1.76. The second kappa shape index (κ2) is 5.92. The summed E-state index contributed by atoms with van der Waals surface area (Å²) in [5.41, 5.74) is -1.13. The second-order valence-corrected chi connectivity index (χ2v) is 3.82. The van der Waals surface area contributed by atoms with E-state index in [0.717, 1.165) is 12.1 Å². The number of hydrogen-bond donors (Lipinski definition) is 1. The Balaban J connectivity index is 3.16. The predicted molar refractivity (Wildman–Crippen MR) is 62.2 cm³/mol. The van der Waals surface area contributed by atoms with E-state index in [1.165, 1.54) is 6.07 Å². The molecule has 0 aliphatic rings. The molecule has 0 saturated heterocycles. The first-order valence-electron chi connectivity index (χ1n) is 5.01. The molecule has 1 rings (SSSR count). The molecule has 0 atom stereocenters. The number of nitrogens with zero attached hydrogens (tertiary/aromatic N) is 1. The summed E-state index contributed by atoms with van der Waals surface area (Å²) in [6.07, 6.45) is -4.57. The first-order chi connectivity index (χ1) is 8.75. The van der Waals surface area contributed by atoms with Crippen molar-refractivity contribution < 1.29 is 27.9 Å². The van der Waals surface area contributed by atoms with Crippen molar-refractivity contribution >= 4 is 29.2 Å². The lowest BCUT2D eigenvalue weighted by Gasteiger charge is -2.20. The van der Waals surface area contributed by atoms with Crippen molar-refractivity contribution in [3.63, 3.8) is 0 Å². The van der Waals surface area contributed by atoms with Crippen LogP contribution in [-0.2, 0) is 15.8 Å². The topological polar surface area (TPSA) is 57.6 Å². The largest absolute Gasteiger partial charge is 0.480 e. The van der Waals surface area contributed by atoms with Crippen LogP contribution >= 0.6 is 11.6 Å². The molecule has 1 amide bonds. The first-order valence-corrected chi connectivity index (χ1v) is 5.54. The van der Waals surface area contributed by atoms with Crippen LogP contribution in [0.2, 0.25) is 0 Å². The molecule has 0 fully saturated rings. The molecule has 104 valence electrons. The summed E-state index contributed by atoms with van der Waals surface area (Å²) in [6.45, 7) is -0.757. The fraction of sp³-hybridized carbons (Fsp3) is 0.273. The minimum atomic E-state index is -4.57. The summed E-state index contributed by atoms with van der Waals surface area (Å²) in [5, 5.41) is 8.66. The lowest BCUT2D eigenvalue weighted by molar-refractivity contribution is -0.137. The van der Waals surface area contributed by atoms with E-state index >= 15 is 0 Å². The van der Waals surface area contributed by atoms with Gasteiger partial charge in [0.05, 0.1) is 5.56 Å². The number of carboxylic acid groups (broad SMARTS) is 1. The van der Waals surface area contributed by atoms with Crippen LogP contribution in [0.25, 0.3) is 0 Å². The van der Waals surface area contributed by atoms with Gasteiger partial charge >= 0.3 is 12.1 Å². The average molecular weight is 296 g/mol. The van der Waals surface area contributed by atoms with Crippen LogP contribution in [-0.4, -0.2) is 29.4 Å². The molecule has 0 heterocycles. The van der Waals surface area contributed by atoms with Gasteiger partial charge in [0.25, 0.3) is 0 Å². The zero-order valence-electron chi connectivity index (χ0n) is 9.45. The molecule has 0 bridgehead atoms. The molecular formula is C11H9ClF3NO3. The van der Waals surface area contributed by atoms with E-state index in [-0.39, 0.29) is 5.69 Å². The van der Waals surface area contributed by atoms with Crippen LogP contribution in [0.15, 0.2) is 24.3 Å². The molecule has 0 aliphatic heterocycles. The first kappa shape index (κ1) is 15.3. The number of alkyl halides is 4. The molecule has 0 radical (unpaired) electrons. The third-order valence-corrected chi connectivity index (χ3v) is 2.42. The minimum Gasteiger partial charge on any atom is -0.480 e. The van der Waals surface area contributed by atoms with Crippen molar-refractivity contribution in [1.82, 2.24) is 0 Å². The smallest absolute Gasteiger partial charge is 0.416 e. The summed E-state index contributed by atoms with van der Waals surface area (Å²) >= 11 is 5.30.